The second kappa shape index (κ2) is 9.43. The lowest BCUT2D eigenvalue weighted by Gasteiger charge is -2.08. The molecule has 0 spiro atoms. The molecule has 8 heteroatoms. The smallest absolute Gasteiger partial charge is 0.193 e. The van der Waals surface area contributed by atoms with Gasteiger partial charge in [-0.15, -0.1) is 24.0 Å². The van der Waals surface area contributed by atoms with Crippen LogP contribution >= 0.6 is 24.0 Å². The standard InChI is InChI=1S/C15H23N3O3S.HI/c1-22(19,20)10-9-21-8-7-17-15(16)18-14-6-5-12-3-2-4-13(12)11-14;/h5-6,11H,2-4,7-10H2,1H3,(H3,16,17,18);1H. The molecule has 1 aromatic rings. The molecule has 0 fully saturated rings. The van der Waals surface area contributed by atoms with Gasteiger partial charge in [-0.25, -0.2) is 8.42 Å². The molecule has 0 bridgehead atoms. The molecule has 1 aliphatic rings. The van der Waals surface area contributed by atoms with Gasteiger partial charge in [-0.05, 0) is 42.5 Å². The van der Waals surface area contributed by atoms with Crippen LogP contribution in [-0.2, 0) is 27.4 Å². The van der Waals surface area contributed by atoms with E-state index >= 15 is 0 Å². The van der Waals surface area contributed by atoms with Crippen molar-refractivity contribution in [3.63, 3.8) is 0 Å². The van der Waals surface area contributed by atoms with E-state index in [0.29, 0.717) is 19.1 Å². The average molecular weight is 453 g/mol. The maximum absolute atomic E-state index is 10.9. The van der Waals surface area contributed by atoms with Crippen LogP contribution in [0.15, 0.2) is 23.2 Å². The zero-order valence-electron chi connectivity index (χ0n) is 13.2. The SMILES string of the molecule is CS(=O)(=O)CCOCCN=C(N)Nc1ccc2c(c1)CCC2.I. The zero-order valence-corrected chi connectivity index (χ0v) is 16.4. The predicted molar refractivity (Wildman–Crippen MR) is 105 cm³/mol. The van der Waals surface area contributed by atoms with Crippen molar-refractivity contribution in [2.75, 3.05) is 37.1 Å². The number of sulfone groups is 1. The maximum atomic E-state index is 10.9. The Labute approximate surface area is 154 Å². The highest BCUT2D eigenvalue weighted by Gasteiger charge is 2.10. The van der Waals surface area contributed by atoms with Gasteiger partial charge in [0.25, 0.3) is 0 Å². The van der Waals surface area contributed by atoms with Gasteiger partial charge in [0.15, 0.2) is 5.96 Å². The number of halogens is 1. The van der Waals surface area contributed by atoms with Gasteiger partial charge < -0.3 is 15.8 Å². The third-order valence-electron chi connectivity index (χ3n) is 3.49. The van der Waals surface area contributed by atoms with Gasteiger partial charge in [0.2, 0.25) is 0 Å². The van der Waals surface area contributed by atoms with Crippen LogP contribution in [0, 0.1) is 0 Å². The molecule has 1 aromatic carbocycles. The molecule has 0 aromatic heterocycles. The zero-order chi connectivity index (χ0) is 16.0. The van der Waals surface area contributed by atoms with Crippen LogP contribution in [0.5, 0.6) is 0 Å². The number of nitrogens with zero attached hydrogens (tertiary/aromatic N) is 1. The predicted octanol–water partition coefficient (Wildman–Crippen LogP) is 1.58. The first-order valence-electron chi connectivity index (χ1n) is 7.38. The Morgan fingerprint density at radius 3 is 2.78 bits per heavy atom. The first-order valence-corrected chi connectivity index (χ1v) is 9.44. The molecule has 23 heavy (non-hydrogen) atoms. The number of hydrogen-bond donors (Lipinski definition) is 2. The van der Waals surface area contributed by atoms with Gasteiger partial charge >= 0.3 is 0 Å². The molecule has 0 saturated heterocycles. The summed E-state index contributed by atoms with van der Waals surface area (Å²) in [7, 11) is -2.97. The lowest BCUT2D eigenvalue weighted by molar-refractivity contribution is 0.157. The number of benzene rings is 1. The van der Waals surface area contributed by atoms with E-state index in [4.69, 9.17) is 10.5 Å². The van der Waals surface area contributed by atoms with Crippen molar-refractivity contribution in [3.05, 3.63) is 29.3 Å². The number of ether oxygens (including phenoxy) is 1. The number of nitrogens with one attached hydrogen (secondary N) is 1. The molecule has 0 atom stereocenters. The Kier molecular flexibility index (Phi) is 8.27. The first-order chi connectivity index (χ1) is 10.4. The van der Waals surface area contributed by atoms with Crippen LogP contribution in [0.2, 0.25) is 0 Å². The first kappa shape index (κ1) is 20.2. The Morgan fingerprint density at radius 1 is 1.30 bits per heavy atom. The second-order valence-corrected chi connectivity index (χ2v) is 7.73. The maximum Gasteiger partial charge on any atom is 0.193 e. The van der Waals surface area contributed by atoms with E-state index in [1.165, 1.54) is 23.8 Å². The van der Waals surface area contributed by atoms with Gasteiger partial charge in [0, 0.05) is 11.9 Å². The second-order valence-electron chi connectivity index (χ2n) is 5.47. The molecule has 130 valence electrons. The van der Waals surface area contributed by atoms with Gasteiger partial charge in [0.05, 0.1) is 25.5 Å². The Morgan fingerprint density at radius 2 is 2.04 bits per heavy atom. The summed E-state index contributed by atoms with van der Waals surface area (Å²) in [6.07, 6.45) is 4.68. The van der Waals surface area contributed by atoms with Crippen LogP contribution in [-0.4, -0.2) is 46.1 Å². The summed E-state index contributed by atoms with van der Waals surface area (Å²) in [5.74, 6) is 0.365. The van der Waals surface area contributed by atoms with Crippen molar-refractivity contribution in [2.45, 2.75) is 19.3 Å². The summed E-state index contributed by atoms with van der Waals surface area (Å²) < 4.78 is 27.0. The molecule has 0 radical (unpaired) electrons. The largest absolute Gasteiger partial charge is 0.378 e. The highest BCUT2D eigenvalue weighted by Crippen LogP contribution is 2.24. The fourth-order valence-electron chi connectivity index (χ4n) is 2.38. The van der Waals surface area contributed by atoms with E-state index in [1.54, 1.807) is 0 Å². The van der Waals surface area contributed by atoms with Crippen LogP contribution in [0.25, 0.3) is 0 Å². The minimum atomic E-state index is -2.97. The fourth-order valence-corrected chi connectivity index (χ4v) is 2.80. The Hall–Kier alpha value is -0.870. The van der Waals surface area contributed by atoms with Crippen molar-refractivity contribution in [2.24, 2.45) is 10.7 Å². The summed E-state index contributed by atoms with van der Waals surface area (Å²) >= 11 is 0. The monoisotopic (exact) mass is 453 g/mol. The van der Waals surface area contributed by atoms with E-state index in [-0.39, 0.29) is 36.3 Å². The average Bonchev–Trinajstić information content (AvgIpc) is 2.89. The minimum absolute atomic E-state index is 0. The molecule has 2 rings (SSSR count). The molecule has 0 unspecified atom stereocenters. The number of aryl methyl sites for hydroxylation is 2. The van der Waals surface area contributed by atoms with Crippen molar-refractivity contribution < 1.29 is 13.2 Å². The van der Waals surface area contributed by atoms with Crippen LogP contribution in [0.3, 0.4) is 0 Å². The molecule has 0 heterocycles. The third-order valence-corrected chi connectivity index (χ3v) is 4.40. The van der Waals surface area contributed by atoms with Crippen LogP contribution < -0.4 is 11.1 Å². The van der Waals surface area contributed by atoms with E-state index in [0.717, 1.165) is 18.5 Å². The summed E-state index contributed by atoms with van der Waals surface area (Å²) in [6.45, 7) is 0.933. The van der Waals surface area contributed by atoms with Gasteiger partial charge in [-0.1, -0.05) is 6.07 Å². The summed E-state index contributed by atoms with van der Waals surface area (Å²) in [5.41, 5.74) is 9.56. The molecule has 0 aliphatic heterocycles. The molecule has 0 amide bonds. The van der Waals surface area contributed by atoms with Crippen molar-refractivity contribution in [1.29, 1.82) is 0 Å². The van der Waals surface area contributed by atoms with Crippen LogP contribution in [0.4, 0.5) is 5.69 Å². The molecule has 6 nitrogen and oxygen atoms in total. The molecular weight excluding hydrogens is 429 g/mol. The van der Waals surface area contributed by atoms with E-state index in [9.17, 15) is 8.42 Å². The summed E-state index contributed by atoms with van der Waals surface area (Å²) in [6, 6.07) is 6.26. The van der Waals surface area contributed by atoms with Gasteiger partial charge in [0.1, 0.15) is 9.84 Å². The van der Waals surface area contributed by atoms with E-state index in [2.05, 4.69) is 22.4 Å². The molecular formula is C15H24IN3O3S. The molecule has 3 N–H and O–H groups in total. The van der Waals surface area contributed by atoms with E-state index in [1.807, 2.05) is 6.07 Å². The molecule has 0 saturated carbocycles. The lowest BCUT2D eigenvalue weighted by Crippen LogP contribution is -2.23. The number of rotatable bonds is 7. The number of nitrogens with two attached hydrogens (primary N) is 1. The van der Waals surface area contributed by atoms with Gasteiger partial charge in [-0.2, -0.15) is 0 Å². The number of aliphatic imine (C=N–C) groups is 1. The minimum Gasteiger partial charge on any atom is -0.378 e. The van der Waals surface area contributed by atoms with Crippen molar-refractivity contribution in [1.82, 2.24) is 0 Å². The number of anilines is 1. The Balaban J connectivity index is 0.00000264. The molecule has 1 aliphatic carbocycles. The number of fused-ring (bicyclic) bond motifs is 1. The van der Waals surface area contributed by atoms with Crippen molar-refractivity contribution >= 4 is 45.5 Å². The third kappa shape index (κ3) is 7.49. The highest BCUT2D eigenvalue weighted by molar-refractivity contribution is 14.0. The van der Waals surface area contributed by atoms with Crippen molar-refractivity contribution in [3.8, 4) is 0 Å². The lowest BCUT2D eigenvalue weighted by atomic mass is 10.1. The number of guanidine groups is 1. The number of hydrogen-bond acceptors (Lipinski definition) is 4. The normalized spacial score (nSPS) is 14.2. The quantitative estimate of drug-likeness (QED) is 0.283. The summed E-state index contributed by atoms with van der Waals surface area (Å²) in [5, 5.41) is 3.06. The topological polar surface area (TPSA) is 93.8 Å². The summed E-state index contributed by atoms with van der Waals surface area (Å²) in [4.78, 5) is 4.16. The fraction of sp³-hybridized carbons (Fsp3) is 0.533. The van der Waals surface area contributed by atoms with Crippen LogP contribution in [0.1, 0.15) is 17.5 Å². The van der Waals surface area contributed by atoms with Gasteiger partial charge in [-0.3, -0.25) is 4.99 Å². The van der Waals surface area contributed by atoms with E-state index < -0.39 is 9.84 Å². The highest BCUT2D eigenvalue weighted by atomic mass is 127. The Bertz CT molecular complexity index is 647.